The summed E-state index contributed by atoms with van der Waals surface area (Å²) in [5, 5.41) is 3.30. The summed E-state index contributed by atoms with van der Waals surface area (Å²) in [4.78, 5) is 0. The highest BCUT2D eigenvalue weighted by atomic mass is 127. The SMILES string of the molecule is Fc1ccc(CNc2cccc(I)c2)c(Br)c1. The van der Waals surface area contributed by atoms with E-state index in [-0.39, 0.29) is 5.82 Å². The number of benzene rings is 2. The van der Waals surface area contributed by atoms with Gasteiger partial charge in [-0.15, -0.1) is 0 Å². The van der Waals surface area contributed by atoms with Gasteiger partial charge in [0.2, 0.25) is 0 Å². The number of nitrogens with one attached hydrogen (secondary N) is 1. The predicted molar refractivity (Wildman–Crippen MR) is 80.6 cm³/mol. The van der Waals surface area contributed by atoms with E-state index in [1.807, 2.05) is 18.2 Å². The Morgan fingerprint density at radius 3 is 2.71 bits per heavy atom. The van der Waals surface area contributed by atoms with Gasteiger partial charge in [0, 0.05) is 20.3 Å². The number of halogens is 3. The minimum Gasteiger partial charge on any atom is -0.381 e. The summed E-state index contributed by atoms with van der Waals surface area (Å²) < 4.78 is 14.9. The van der Waals surface area contributed by atoms with Crippen molar-refractivity contribution in [3.63, 3.8) is 0 Å². The molecule has 0 aromatic heterocycles. The van der Waals surface area contributed by atoms with Gasteiger partial charge in [0.1, 0.15) is 5.82 Å². The normalized spacial score (nSPS) is 10.3. The Kier molecular flexibility index (Phi) is 4.39. The lowest BCUT2D eigenvalue weighted by Gasteiger charge is -2.08. The zero-order valence-electron chi connectivity index (χ0n) is 8.88. The third-order valence-electron chi connectivity index (χ3n) is 2.32. The highest BCUT2D eigenvalue weighted by Crippen LogP contribution is 2.20. The van der Waals surface area contributed by atoms with Crippen molar-refractivity contribution in [3.05, 3.63) is 61.9 Å². The summed E-state index contributed by atoms with van der Waals surface area (Å²) in [6.45, 7) is 0.668. The molecule has 0 spiro atoms. The fourth-order valence-corrected chi connectivity index (χ4v) is 2.49. The summed E-state index contributed by atoms with van der Waals surface area (Å²) in [6, 6.07) is 12.9. The molecule has 2 aromatic carbocycles. The first-order valence-electron chi connectivity index (χ1n) is 5.08. The maximum absolute atomic E-state index is 12.9. The highest BCUT2D eigenvalue weighted by Gasteiger charge is 2.01. The van der Waals surface area contributed by atoms with Crippen LogP contribution in [-0.2, 0) is 6.54 Å². The topological polar surface area (TPSA) is 12.0 Å². The van der Waals surface area contributed by atoms with Crippen molar-refractivity contribution in [2.75, 3.05) is 5.32 Å². The van der Waals surface area contributed by atoms with Crippen molar-refractivity contribution in [1.29, 1.82) is 0 Å². The second-order valence-corrected chi connectivity index (χ2v) is 5.70. The van der Waals surface area contributed by atoms with Gasteiger partial charge in [-0.3, -0.25) is 0 Å². The van der Waals surface area contributed by atoms with Crippen LogP contribution >= 0.6 is 38.5 Å². The molecule has 0 radical (unpaired) electrons. The number of hydrogen-bond acceptors (Lipinski definition) is 1. The Hall–Kier alpha value is -0.620. The van der Waals surface area contributed by atoms with Crippen LogP contribution in [0.25, 0.3) is 0 Å². The molecule has 0 unspecified atom stereocenters. The van der Waals surface area contributed by atoms with Crippen molar-refractivity contribution in [2.45, 2.75) is 6.54 Å². The standard InChI is InChI=1S/C13H10BrFIN/c14-13-6-10(15)5-4-9(13)8-17-12-3-1-2-11(16)7-12/h1-7,17H,8H2. The van der Waals surface area contributed by atoms with E-state index in [1.165, 1.54) is 15.7 Å². The fourth-order valence-electron chi connectivity index (χ4n) is 1.46. The van der Waals surface area contributed by atoms with Gasteiger partial charge in [0.25, 0.3) is 0 Å². The fraction of sp³-hybridized carbons (Fsp3) is 0.0769. The average Bonchev–Trinajstić information content (AvgIpc) is 2.28. The molecule has 0 atom stereocenters. The van der Waals surface area contributed by atoms with Crippen LogP contribution in [-0.4, -0.2) is 0 Å². The van der Waals surface area contributed by atoms with E-state index in [2.05, 4.69) is 49.9 Å². The molecular formula is C13H10BrFIN. The molecule has 0 amide bonds. The van der Waals surface area contributed by atoms with Crippen LogP contribution < -0.4 is 5.32 Å². The van der Waals surface area contributed by atoms with Crippen molar-refractivity contribution < 1.29 is 4.39 Å². The first kappa shape index (κ1) is 12.8. The van der Waals surface area contributed by atoms with Gasteiger partial charge in [-0.05, 0) is 58.5 Å². The quantitative estimate of drug-likeness (QED) is 0.723. The summed E-state index contributed by atoms with van der Waals surface area (Å²) in [7, 11) is 0. The molecule has 88 valence electrons. The van der Waals surface area contributed by atoms with E-state index < -0.39 is 0 Å². The zero-order chi connectivity index (χ0) is 12.3. The number of hydrogen-bond donors (Lipinski definition) is 1. The summed E-state index contributed by atoms with van der Waals surface area (Å²) in [5.41, 5.74) is 2.10. The lowest BCUT2D eigenvalue weighted by Crippen LogP contribution is -2.00. The monoisotopic (exact) mass is 405 g/mol. The molecule has 0 saturated heterocycles. The second kappa shape index (κ2) is 5.82. The lowest BCUT2D eigenvalue weighted by molar-refractivity contribution is 0.626. The van der Waals surface area contributed by atoms with Crippen LogP contribution in [0.15, 0.2) is 46.9 Å². The number of rotatable bonds is 3. The van der Waals surface area contributed by atoms with Crippen molar-refractivity contribution in [2.24, 2.45) is 0 Å². The van der Waals surface area contributed by atoms with Crippen LogP contribution in [0.5, 0.6) is 0 Å². The third-order valence-corrected chi connectivity index (χ3v) is 3.73. The molecule has 4 heteroatoms. The molecule has 2 rings (SSSR count). The first-order chi connectivity index (χ1) is 8.15. The maximum atomic E-state index is 12.9. The lowest BCUT2D eigenvalue weighted by atomic mass is 10.2. The summed E-state index contributed by atoms with van der Waals surface area (Å²) in [5.74, 6) is -0.227. The van der Waals surface area contributed by atoms with E-state index in [9.17, 15) is 4.39 Å². The van der Waals surface area contributed by atoms with Crippen molar-refractivity contribution in [1.82, 2.24) is 0 Å². The van der Waals surface area contributed by atoms with Crippen molar-refractivity contribution >= 4 is 44.2 Å². The van der Waals surface area contributed by atoms with Crippen LogP contribution in [0.1, 0.15) is 5.56 Å². The average molecular weight is 406 g/mol. The van der Waals surface area contributed by atoms with Gasteiger partial charge in [-0.1, -0.05) is 28.1 Å². The van der Waals surface area contributed by atoms with Gasteiger partial charge in [-0.2, -0.15) is 0 Å². The van der Waals surface area contributed by atoms with E-state index in [1.54, 1.807) is 6.07 Å². The smallest absolute Gasteiger partial charge is 0.124 e. The second-order valence-electron chi connectivity index (χ2n) is 3.60. The van der Waals surface area contributed by atoms with Gasteiger partial charge >= 0.3 is 0 Å². The Labute approximate surface area is 122 Å². The van der Waals surface area contributed by atoms with Gasteiger partial charge < -0.3 is 5.32 Å². The number of anilines is 1. The molecule has 1 nitrogen and oxygen atoms in total. The summed E-state index contributed by atoms with van der Waals surface area (Å²) >= 11 is 5.63. The van der Waals surface area contributed by atoms with E-state index >= 15 is 0 Å². The highest BCUT2D eigenvalue weighted by molar-refractivity contribution is 14.1. The predicted octanol–water partition coefficient (Wildman–Crippen LogP) is 4.80. The molecule has 0 heterocycles. The zero-order valence-corrected chi connectivity index (χ0v) is 12.6. The Bertz CT molecular complexity index is 531. The molecule has 0 aliphatic carbocycles. The molecule has 0 aliphatic rings. The minimum atomic E-state index is -0.227. The van der Waals surface area contributed by atoms with Gasteiger partial charge in [-0.25, -0.2) is 4.39 Å². The Morgan fingerprint density at radius 2 is 2.00 bits per heavy atom. The Morgan fingerprint density at radius 1 is 1.18 bits per heavy atom. The molecule has 0 saturated carbocycles. The Balaban J connectivity index is 2.07. The van der Waals surface area contributed by atoms with Crippen LogP contribution in [0.3, 0.4) is 0 Å². The first-order valence-corrected chi connectivity index (χ1v) is 6.96. The van der Waals surface area contributed by atoms with E-state index in [0.717, 1.165) is 15.7 Å². The van der Waals surface area contributed by atoms with Gasteiger partial charge in [0.15, 0.2) is 0 Å². The largest absolute Gasteiger partial charge is 0.381 e. The van der Waals surface area contributed by atoms with Crippen LogP contribution in [0.4, 0.5) is 10.1 Å². The van der Waals surface area contributed by atoms with Crippen LogP contribution in [0.2, 0.25) is 0 Å². The van der Waals surface area contributed by atoms with Gasteiger partial charge in [0.05, 0.1) is 0 Å². The summed E-state index contributed by atoms with van der Waals surface area (Å²) in [6.07, 6.45) is 0. The molecule has 0 fully saturated rings. The molecular weight excluding hydrogens is 396 g/mol. The maximum Gasteiger partial charge on any atom is 0.124 e. The molecule has 17 heavy (non-hydrogen) atoms. The van der Waals surface area contributed by atoms with Crippen molar-refractivity contribution in [3.8, 4) is 0 Å². The van der Waals surface area contributed by atoms with E-state index in [4.69, 9.17) is 0 Å². The molecule has 0 bridgehead atoms. The third kappa shape index (κ3) is 3.67. The van der Waals surface area contributed by atoms with E-state index in [0.29, 0.717) is 6.54 Å². The molecule has 2 aromatic rings. The molecule has 1 N–H and O–H groups in total. The molecule has 0 aliphatic heterocycles. The minimum absolute atomic E-state index is 0.227. The van der Waals surface area contributed by atoms with Crippen LogP contribution in [0, 0.1) is 9.39 Å².